The molecule has 6 rings (SSSR count). The van der Waals surface area contributed by atoms with E-state index in [0.29, 0.717) is 42.3 Å². The zero-order chi connectivity index (χ0) is 26.1. The van der Waals surface area contributed by atoms with Crippen molar-refractivity contribution < 1.29 is 13.8 Å². The monoisotopic (exact) mass is 505 g/mol. The summed E-state index contributed by atoms with van der Waals surface area (Å²) in [5.74, 6) is 2.73. The number of hydrogen-bond acceptors (Lipinski definition) is 8. The van der Waals surface area contributed by atoms with Crippen LogP contribution in [-0.4, -0.2) is 24.8 Å². The molecule has 0 N–H and O–H groups in total. The van der Waals surface area contributed by atoms with Crippen LogP contribution in [0, 0.1) is 13.8 Å². The Hall–Kier alpha value is -5.05. The SMILES string of the molecule is Cc1nc(-c2cccc(COc3ccc4ccc(=O)n(Cc5cccc(-c6noc(C)n6)c5)c4c3)c2)no1. The Bertz CT molecular complexity index is 1820. The standard InChI is InChI=1S/C29H23N5O4/c1-18-30-28(32-37-18)23-7-3-5-20(13-23)16-34-26-15-25(11-9-22(26)10-12-27(34)35)36-17-21-6-4-8-24(14-21)29-31-19(2)38-33-29/h3-15H,16-17H2,1-2H3. The van der Waals surface area contributed by atoms with Crippen LogP contribution in [0.25, 0.3) is 33.7 Å². The third-order valence-corrected chi connectivity index (χ3v) is 6.14. The van der Waals surface area contributed by atoms with Crippen LogP contribution in [0.3, 0.4) is 0 Å². The maximum absolute atomic E-state index is 12.9. The molecule has 38 heavy (non-hydrogen) atoms. The Morgan fingerprint density at radius 2 is 1.39 bits per heavy atom. The molecule has 0 atom stereocenters. The summed E-state index contributed by atoms with van der Waals surface area (Å²) in [5, 5.41) is 8.93. The molecule has 3 heterocycles. The second kappa shape index (κ2) is 9.78. The predicted octanol–water partition coefficient (Wildman–Crippen LogP) is 5.35. The van der Waals surface area contributed by atoms with Crippen LogP contribution in [0.15, 0.2) is 92.7 Å². The van der Waals surface area contributed by atoms with E-state index in [4.69, 9.17) is 13.8 Å². The van der Waals surface area contributed by atoms with Crippen molar-refractivity contribution in [2.75, 3.05) is 0 Å². The molecule has 0 fully saturated rings. The highest BCUT2D eigenvalue weighted by molar-refractivity contribution is 5.80. The van der Waals surface area contributed by atoms with Gasteiger partial charge in [0.25, 0.3) is 5.56 Å². The Labute approximate surface area is 217 Å². The topological polar surface area (TPSA) is 109 Å². The first-order valence-electron chi connectivity index (χ1n) is 12.1. The fourth-order valence-electron chi connectivity index (χ4n) is 4.31. The Kier molecular flexibility index (Phi) is 6.01. The molecule has 0 unspecified atom stereocenters. The van der Waals surface area contributed by atoms with Crippen LogP contribution in [0.5, 0.6) is 5.75 Å². The number of fused-ring (bicyclic) bond motifs is 1. The molecule has 0 radical (unpaired) electrons. The van der Waals surface area contributed by atoms with Gasteiger partial charge < -0.3 is 18.4 Å². The van der Waals surface area contributed by atoms with Crippen molar-refractivity contribution in [3.05, 3.63) is 112 Å². The van der Waals surface area contributed by atoms with E-state index in [0.717, 1.165) is 33.2 Å². The summed E-state index contributed by atoms with van der Waals surface area (Å²) in [6.07, 6.45) is 0. The smallest absolute Gasteiger partial charge is 0.251 e. The summed E-state index contributed by atoms with van der Waals surface area (Å²) in [4.78, 5) is 21.5. The van der Waals surface area contributed by atoms with Crippen LogP contribution in [-0.2, 0) is 13.2 Å². The normalized spacial score (nSPS) is 11.2. The lowest BCUT2D eigenvalue weighted by Gasteiger charge is -2.13. The van der Waals surface area contributed by atoms with E-state index in [1.54, 1.807) is 24.5 Å². The third-order valence-electron chi connectivity index (χ3n) is 6.14. The van der Waals surface area contributed by atoms with Crippen molar-refractivity contribution in [3.63, 3.8) is 0 Å². The summed E-state index contributed by atoms with van der Waals surface area (Å²) in [5.41, 5.74) is 4.28. The molecular weight excluding hydrogens is 482 g/mol. The summed E-state index contributed by atoms with van der Waals surface area (Å²) >= 11 is 0. The van der Waals surface area contributed by atoms with Gasteiger partial charge in [0.1, 0.15) is 12.4 Å². The van der Waals surface area contributed by atoms with Gasteiger partial charge in [-0.1, -0.05) is 46.7 Å². The van der Waals surface area contributed by atoms with Crippen molar-refractivity contribution in [3.8, 4) is 28.5 Å². The first kappa shape index (κ1) is 23.4. The van der Waals surface area contributed by atoms with Gasteiger partial charge in [-0.15, -0.1) is 0 Å². The molecular formula is C29H23N5O4. The second-order valence-corrected chi connectivity index (χ2v) is 8.94. The van der Waals surface area contributed by atoms with Crippen molar-refractivity contribution in [2.24, 2.45) is 0 Å². The van der Waals surface area contributed by atoms with Crippen LogP contribution < -0.4 is 10.3 Å². The first-order chi connectivity index (χ1) is 18.5. The van der Waals surface area contributed by atoms with Gasteiger partial charge in [0.05, 0.1) is 12.1 Å². The second-order valence-electron chi connectivity index (χ2n) is 8.94. The van der Waals surface area contributed by atoms with Gasteiger partial charge >= 0.3 is 0 Å². The molecule has 9 heteroatoms. The third kappa shape index (κ3) is 4.81. The number of nitrogens with zero attached hydrogens (tertiary/aromatic N) is 5. The molecule has 9 nitrogen and oxygen atoms in total. The molecule has 6 aromatic rings. The number of rotatable bonds is 7. The lowest BCUT2D eigenvalue weighted by atomic mass is 10.1. The quantitative estimate of drug-likeness (QED) is 0.286. The van der Waals surface area contributed by atoms with E-state index in [1.807, 2.05) is 72.8 Å². The fourth-order valence-corrected chi connectivity index (χ4v) is 4.31. The summed E-state index contributed by atoms with van der Waals surface area (Å²) < 4.78 is 18.1. The predicted molar refractivity (Wildman–Crippen MR) is 141 cm³/mol. The van der Waals surface area contributed by atoms with Gasteiger partial charge in [0, 0.05) is 37.1 Å². The maximum Gasteiger partial charge on any atom is 0.251 e. The molecule has 188 valence electrons. The lowest BCUT2D eigenvalue weighted by molar-refractivity contribution is 0.306. The molecule has 0 aliphatic carbocycles. The molecule has 3 aromatic heterocycles. The lowest BCUT2D eigenvalue weighted by Crippen LogP contribution is -2.20. The van der Waals surface area contributed by atoms with Gasteiger partial charge in [-0.05, 0) is 46.8 Å². The average Bonchev–Trinajstić information content (AvgIpc) is 3.58. The van der Waals surface area contributed by atoms with Crippen molar-refractivity contribution >= 4 is 10.9 Å². The number of aromatic nitrogens is 5. The van der Waals surface area contributed by atoms with Crippen LogP contribution in [0.4, 0.5) is 0 Å². The largest absolute Gasteiger partial charge is 0.489 e. The zero-order valence-corrected chi connectivity index (χ0v) is 20.8. The van der Waals surface area contributed by atoms with Crippen LogP contribution in [0.2, 0.25) is 0 Å². The fraction of sp³-hybridized carbons (Fsp3) is 0.138. The summed E-state index contributed by atoms with van der Waals surface area (Å²) in [6.45, 7) is 4.24. The molecule has 3 aromatic carbocycles. The van der Waals surface area contributed by atoms with E-state index in [2.05, 4.69) is 20.3 Å². The van der Waals surface area contributed by atoms with Crippen molar-refractivity contribution in [1.29, 1.82) is 0 Å². The molecule has 0 saturated carbocycles. The minimum Gasteiger partial charge on any atom is -0.489 e. The molecule has 0 saturated heterocycles. The van der Waals surface area contributed by atoms with Gasteiger partial charge in [0.2, 0.25) is 23.4 Å². The minimum atomic E-state index is -0.0986. The Morgan fingerprint density at radius 3 is 2.05 bits per heavy atom. The van der Waals surface area contributed by atoms with E-state index in [1.165, 1.54) is 0 Å². The van der Waals surface area contributed by atoms with Crippen molar-refractivity contribution in [2.45, 2.75) is 27.0 Å². The Morgan fingerprint density at radius 1 is 0.763 bits per heavy atom. The van der Waals surface area contributed by atoms with Crippen molar-refractivity contribution in [1.82, 2.24) is 24.8 Å². The van der Waals surface area contributed by atoms with Crippen LogP contribution in [0.1, 0.15) is 22.9 Å². The highest BCUT2D eigenvalue weighted by atomic mass is 16.5. The highest BCUT2D eigenvalue weighted by Crippen LogP contribution is 2.24. The number of ether oxygens (including phenoxy) is 1. The molecule has 0 bridgehead atoms. The Balaban J connectivity index is 1.26. The maximum atomic E-state index is 12.9. The summed E-state index contributed by atoms with van der Waals surface area (Å²) in [6, 6.07) is 24.8. The molecule has 0 aliphatic rings. The number of benzene rings is 3. The summed E-state index contributed by atoms with van der Waals surface area (Å²) in [7, 11) is 0. The number of aryl methyl sites for hydroxylation is 2. The molecule has 0 spiro atoms. The molecule has 0 aliphatic heterocycles. The van der Waals surface area contributed by atoms with Gasteiger partial charge in [-0.3, -0.25) is 4.79 Å². The van der Waals surface area contributed by atoms with Gasteiger partial charge in [-0.25, -0.2) is 0 Å². The first-order valence-corrected chi connectivity index (χ1v) is 12.1. The van der Waals surface area contributed by atoms with E-state index >= 15 is 0 Å². The number of hydrogen-bond donors (Lipinski definition) is 0. The van der Waals surface area contributed by atoms with Gasteiger partial charge in [-0.2, -0.15) is 9.97 Å². The van der Waals surface area contributed by atoms with E-state index in [-0.39, 0.29) is 5.56 Å². The average molecular weight is 506 g/mol. The number of pyridine rings is 1. The van der Waals surface area contributed by atoms with Crippen LogP contribution >= 0.6 is 0 Å². The highest BCUT2D eigenvalue weighted by Gasteiger charge is 2.11. The van der Waals surface area contributed by atoms with Gasteiger partial charge in [0.15, 0.2) is 0 Å². The zero-order valence-electron chi connectivity index (χ0n) is 20.8. The minimum absolute atomic E-state index is 0.0986. The van der Waals surface area contributed by atoms with E-state index < -0.39 is 0 Å². The van der Waals surface area contributed by atoms with E-state index in [9.17, 15) is 4.79 Å². The molecule has 0 amide bonds.